The average Bonchev–Trinajstić information content (AvgIpc) is 2.97. The Balaban J connectivity index is 1.90. The molecule has 0 saturated carbocycles. The molecule has 19 heavy (non-hydrogen) atoms. The molecule has 4 heteroatoms. The van der Waals surface area contributed by atoms with Gasteiger partial charge < -0.3 is 9.15 Å². The molecule has 0 atom stereocenters. The fraction of sp³-hybridized carbons (Fsp3) is 0.267. The van der Waals surface area contributed by atoms with E-state index < -0.39 is 0 Å². The van der Waals surface area contributed by atoms with E-state index in [4.69, 9.17) is 20.8 Å². The SMILES string of the molecule is Cc1cc(C(=O)Cc2cc(Cl)cc3c2OCC3)co1. The van der Waals surface area contributed by atoms with Gasteiger partial charge in [0.25, 0.3) is 0 Å². The Morgan fingerprint density at radius 1 is 1.37 bits per heavy atom. The number of fused-ring (bicyclic) bond motifs is 1. The maximum Gasteiger partial charge on any atom is 0.170 e. The van der Waals surface area contributed by atoms with Crippen LogP contribution in [-0.4, -0.2) is 12.4 Å². The fourth-order valence-electron chi connectivity index (χ4n) is 2.34. The highest BCUT2D eigenvalue weighted by atomic mass is 35.5. The first-order valence-corrected chi connectivity index (χ1v) is 6.54. The van der Waals surface area contributed by atoms with Crippen molar-refractivity contribution >= 4 is 17.4 Å². The Labute approximate surface area is 116 Å². The predicted molar refractivity (Wildman–Crippen MR) is 72.1 cm³/mol. The molecule has 1 aromatic carbocycles. The number of benzene rings is 1. The molecule has 0 fully saturated rings. The number of rotatable bonds is 3. The Hall–Kier alpha value is -1.74. The summed E-state index contributed by atoms with van der Waals surface area (Å²) >= 11 is 6.08. The summed E-state index contributed by atoms with van der Waals surface area (Å²) in [7, 11) is 0. The number of aryl methyl sites for hydroxylation is 1. The number of halogens is 1. The molecular weight excluding hydrogens is 264 g/mol. The smallest absolute Gasteiger partial charge is 0.170 e. The van der Waals surface area contributed by atoms with Crippen molar-refractivity contribution < 1.29 is 13.9 Å². The number of carbonyl (C=O) groups is 1. The van der Waals surface area contributed by atoms with E-state index in [0.717, 1.165) is 29.1 Å². The van der Waals surface area contributed by atoms with Crippen LogP contribution >= 0.6 is 11.6 Å². The summed E-state index contributed by atoms with van der Waals surface area (Å²) in [5.74, 6) is 1.56. The number of ether oxygens (including phenoxy) is 1. The molecule has 0 saturated heterocycles. The summed E-state index contributed by atoms with van der Waals surface area (Å²) < 4.78 is 10.8. The highest BCUT2D eigenvalue weighted by molar-refractivity contribution is 6.30. The van der Waals surface area contributed by atoms with Crippen LogP contribution < -0.4 is 4.74 Å². The van der Waals surface area contributed by atoms with Crippen LogP contribution in [0, 0.1) is 6.92 Å². The average molecular weight is 277 g/mol. The molecule has 0 amide bonds. The predicted octanol–water partition coefficient (Wildman–Crippen LogP) is 3.60. The van der Waals surface area contributed by atoms with Crippen LogP contribution in [0.5, 0.6) is 5.75 Å². The lowest BCUT2D eigenvalue weighted by Crippen LogP contribution is -2.04. The van der Waals surface area contributed by atoms with Gasteiger partial charge in [-0.3, -0.25) is 4.79 Å². The summed E-state index contributed by atoms with van der Waals surface area (Å²) in [6.45, 7) is 2.47. The monoisotopic (exact) mass is 276 g/mol. The third kappa shape index (κ3) is 2.38. The van der Waals surface area contributed by atoms with Gasteiger partial charge in [0, 0.05) is 23.4 Å². The van der Waals surface area contributed by atoms with Crippen LogP contribution in [0.2, 0.25) is 5.02 Å². The molecule has 1 aromatic heterocycles. The van der Waals surface area contributed by atoms with Crippen molar-refractivity contribution in [3.05, 3.63) is 51.9 Å². The van der Waals surface area contributed by atoms with Crippen molar-refractivity contribution in [2.24, 2.45) is 0 Å². The number of hydrogen-bond donors (Lipinski definition) is 0. The Kier molecular flexibility index (Phi) is 3.07. The Morgan fingerprint density at radius 3 is 2.95 bits per heavy atom. The van der Waals surface area contributed by atoms with Crippen molar-refractivity contribution in [3.8, 4) is 5.75 Å². The van der Waals surface area contributed by atoms with E-state index in [1.54, 1.807) is 12.1 Å². The van der Waals surface area contributed by atoms with Crippen LogP contribution in [0.3, 0.4) is 0 Å². The maximum absolute atomic E-state index is 12.2. The van der Waals surface area contributed by atoms with Gasteiger partial charge in [0.15, 0.2) is 5.78 Å². The van der Waals surface area contributed by atoms with Crippen molar-refractivity contribution in [3.63, 3.8) is 0 Å². The van der Waals surface area contributed by atoms with E-state index >= 15 is 0 Å². The lowest BCUT2D eigenvalue weighted by molar-refractivity contribution is 0.0991. The molecule has 0 bridgehead atoms. The second-order valence-corrected chi connectivity index (χ2v) is 5.13. The van der Waals surface area contributed by atoms with Crippen LogP contribution in [-0.2, 0) is 12.8 Å². The van der Waals surface area contributed by atoms with Crippen LogP contribution in [0.25, 0.3) is 0 Å². The topological polar surface area (TPSA) is 39.4 Å². The van der Waals surface area contributed by atoms with E-state index in [1.807, 2.05) is 13.0 Å². The van der Waals surface area contributed by atoms with E-state index in [1.165, 1.54) is 6.26 Å². The summed E-state index contributed by atoms with van der Waals surface area (Å²) in [4.78, 5) is 12.2. The van der Waals surface area contributed by atoms with Gasteiger partial charge >= 0.3 is 0 Å². The first-order valence-electron chi connectivity index (χ1n) is 6.16. The molecule has 1 aliphatic heterocycles. The molecule has 98 valence electrons. The van der Waals surface area contributed by atoms with Crippen molar-refractivity contribution in [1.29, 1.82) is 0 Å². The van der Waals surface area contributed by atoms with Gasteiger partial charge in [0.1, 0.15) is 17.8 Å². The lowest BCUT2D eigenvalue weighted by atomic mass is 10.0. The molecule has 2 aromatic rings. The number of ketones is 1. The van der Waals surface area contributed by atoms with E-state index in [0.29, 0.717) is 17.2 Å². The molecule has 0 unspecified atom stereocenters. The fourth-order valence-corrected chi connectivity index (χ4v) is 2.61. The van der Waals surface area contributed by atoms with E-state index in [2.05, 4.69) is 0 Å². The molecule has 0 radical (unpaired) electrons. The normalized spacial score (nSPS) is 13.2. The van der Waals surface area contributed by atoms with Crippen molar-refractivity contribution in [1.82, 2.24) is 0 Å². The second kappa shape index (κ2) is 4.74. The zero-order valence-electron chi connectivity index (χ0n) is 10.5. The molecular formula is C15H13ClO3. The van der Waals surface area contributed by atoms with Gasteiger partial charge in [-0.05, 0) is 30.7 Å². The van der Waals surface area contributed by atoms with Gasteiger partial charge in [-0.1, -0.05) is 11.6 Å². The zero-order valence-corrected chi connectivity index (χ0v) is 11.3. The highest BCUT2D eigenvalue weighted by Gasteiger charge is 2.20. The highest BCUT2D eigenvalue weighted by Crippen LogP contribution is 2.33. The van der Waals surface area contributed by atoms with Gasteiger partial charge in [-0.2, -0.15) is 0 Å². The minimum Gasteiger partial charge on any atom is -0.493 e. The van der Waals surface area contributed by atoms with Crippen LogP contribution in [0.4, 0.5) is 0 Å². The maximum atomic E-state index is 12.2. The summed E-state index contributed by atoms with van der Waals surface area (Å²) in [5, 5.41) is 0.649. The van der Waals surface area contributed by atoms with Gasteiger partial charge in [0.2, 0.25) is 0 Å². The quantitative estimate of drug-likeness (QED) is 0.804. The molecule has 3 rings (SSSR count). The molecule has 0 N–H and O–H groups in total. The van der Waals surface area contributed by atoms with Crippen LogP contribution in [0.15, 0.2) is 28.9 Å². The minimum absolute atomic E-state index is 0.0109. The van der Waals surface area contributed by atoms with Crippen molar-refractivity contribution in [2.75, 3.05) is 6.61 Å². The molecule has 1 aliphatic rings. The second-order valence-electron chi connectivity index (χ2n) is 4.70. The summed E-state index contributed by atoms with van der Waals surface area (Å²) in [6, 6.07) is 5.45. The molecule has 2 heterocycles. The number of Topliss-reactive ketones (excluding diaryl/α,β-unsaturated/α-hetero) is 1. The van der Waals surface area contributed by atoms with Gasteiger partial charge in [-0.25, -0.2) is 0 Å². The largest absolute Gasteiger partial charge is 0.493 e. The first kappa shape index (κ1) is 12.3. The third-order valence-electron chi connectivity index (χ3n) is 3.23. The Bertz CT molecular complexity index is 643. The minimum atomic E-state index is 0.0109. The lowest BCUT2D eigenvalue weighted by Gasteiger charge is -2.07. The molecule has 3 nitrogen and oxygen atoms in total. The zero-order chi connectivity index (χ0) is 13.4. The third-order valence-corrected chi connectivity index (χ3v) is 3.45. The van der Waals surface area contributed by atoms with Crippen molar-refractivity contribution in [2.45, 2.75) is 19.8 Å². The summed E-state index contributed by atoms with van der Waals surface area (Å²) in [5.41, 5.74) is 2.52. The van der Waals surface area contributed by atoms with Gasteiger partial charge in [-0.15, -0.1) is 0 Å². The molecule has 0 aliphatic carbocycles. The first-order chi connectivity index (χ1) is 9.13. The van der Waals surface area contributed by atoms with Gasteiger partial charge in [0.05, 0.1) is 12.2 Å². The van der Waals surface area contributed by atoms with E-state index in [-0.39, 0.29) is 12.2 Å². The number of furan rings is 1. The Morgan fingerprint density at radius 2 is 2.21 bits per heavy atom. The number of carbonyl (C=O) groups excluding carboxylic acids is 1. The number of hydrogen-bond acceptors (Lipinski definition) is 3. The standard InChI is InChI=1S/C15H13ClO3/c1-9-4-12(8-19-9)14(17)7-11-6-13(16)5-10-2-3-18-15(10)11/h4-6,8H,2-3,7H2,1H3. The van der Waals surface area contributed by atoms with Crippen LogP contribution in [0.1, 0.15) is 27.2 Å². The van der Waals surface area contributed by atoms with E-state index in [9.17, 15) is 4.79 Å². The molecule has 0 spiro atoms. The summed E-state index contributed by atoms with van der Waals surface area (Å²) in [6.07, 6.45) is 2.62.